The first-order valence-corrected chi connectivity index (χ1v) is 21.5. The normalized spacial score (nSPS) is 18.5. The molecule has 2 aliphatic rings. The van der Waals surface area contributed by atoms with E-state index in [0.29, 0.717) is 25.8 Å². The van der Waals surface area contributed by atoms with Gasteiger partial charge in [0.25, 0.3) is 0 Å². The second-order valence-corrected chi connectivity index (χ2v) is 16.2. The van der Waals surface area contributed by atoms with Gasteiger partial charge >= 0.3 is 0 Å². The van der Waals surface area contributed by atoms with Crippen molar-refractivity contribution < 1.29 is 19.2 Å². The number of carbonyl (C=O) groups excluding carboxylic acids is 4. The molecule has 0 radical (unpaired) electrons. The lowest BCUT2D eigenvalue weighted by molar-refractivity contribution is -0.141. The second-order valence-electron chi connectivity index (χ2n) is 16.2. The molecule has 10 nitrogen and oxygen atoms in total. The smallest absolute Gasteiger partial charge is 0.246 e. The molecular weight excluding hydrogens is 749 g/mol. The Morgan fingerprint density at radius 1 is 0.600 bits per heavy atom. The fourth-order valence-corrected chi connectivity index (χ4v) is 8.37. The Balaban J connectivity index is 1.10. The second kappa shape index (κ2) is 21.5. The van der Waals surface area contributed by atoms with Crippen molar-refractivity contribution in [2.24, 2.45) is 5.92 Å². The monoisotopic (exact) mass is 808 g/mol. The van der Waals surface area contributed by atoms with Crippen LogP contribution in [0.3, 0.4) is 0 Å². The maximum absolute atomic E-state index is 14.3. The Labute approximate surface area is 355 Å². The predicted octanol–water partition coefficient (Wildman–Crippen LogP) is 6.15. The Hall–Kier alpha value is -5.76. The van der Waals surface area contributed by atoms with E-state index in [1.54, 1.807) is 18.9 Å². The van der Waals surface area contributed by atoms with Crippen molar-refractivity contribution in [3.05, 3.63) is 144 Å². The molecule has 0 spiro atoms. The quantitative estimate of drug-likeness (QED) is 0.101. The predicted molar refractivity (Wildman–Crippen MR) is 236 cm³/mol. The van der Waals surface area contributed by atoms with Gasteiger partial charge in [0.2, 0.25) is 23.6 Å². The summed E-state index contributed by atoms with van der Waals surface area (Å²) in [6, 6.07) is 36.8. The third-order valence-corrected chi connectivity index (χ3v) is 12.2. The van der Waals surface area contributed by atoms with Gasteiger partial charge in [-0.1, -0.05) is 128 Å². The van der Waals surface area contributed by atoms with E-state index < -0.39 is 18.1 Å². The summed E-state index contributed by atoms with van der Waals surface area (Å²) in [6.45, 7) is 7.28. The number of hydrogen-bond acceptors (Lipinski definition) is 6. The molecule has 0 aliphatic carbocycles. The van der Waals surface area contributed by atoms with Crippen LogP contribution in [0.1, 0.15) is 93.6 Å². The van der Waals surface area contributed by atoms with Crippen molar-refractivity contribution >= 4 is 23.6 Å². The van der Waals surface area contributed by atoms with Crippen LogP contribution in [0.25, 0.3) is 0 Å². The van der Waals surface area contributed by atoms with Gasteiger partial charge in [0.1, 0.15) is 12.1 Å². The number of rotatable bonds is 16. The van der Waals surface area contributed by atoms with Crippen LogP contribution in [0.4, 0.5) is 0 Å². The van der Waals surface area contributed by atoms with Crippen molar-refractivity contribution in [3.8, 4) is 11.8 Å². The molecule has 0 aromatic heterocycles. The van der Waals surface area contributed by atoms with E-state index in [2.05, 4.69) is 51.9 Å². The van der Waals surface area contributed by atoms with Crippen LogP contribution in [0.2, 0.25) is 0 Å². The first-order chi connectivity index (χ1) is 29.2. The minimum atomic E-state index is -0.921. The molecule has 10 heteroatoms. The topological polar surface area (TPSA) is 123 Å². The first kappa shape index (κ1) is 43.8. The molecule has 6 atom stereocenters. The maximum atomic E-state index is 14.3. The van der Waals surface area contributed by atoms with Gasteiger partial charge in [-0.25, -0.2) is 0 Å². The lowest BCUT2D eigenvalue weighted by atomic mass is 9.96. The summed E-state index contributed by atoms with van der Waals surface area (Å²) in [7, 11) is 1.69. The van der Waals surface area contributed by atoms with E-state index >= 15 is 0 Å². The number of likely N-dealkylation sites (tertiary alicyclic amines) is 2. The summed E-state index contributed by atoms with van der Waals surface area (Å²) in [5, 5.41) is 12.5. The summed E-state index contributed by atoms with van der Waals surface area (Å²) < 4.78 is 0. The fraction of sp³-hybridized carbons (Fsp3) is 0.400. The van der Waals surface area contributed by atoms with E-state index in [1.807, 2.05) is 121 Å². The maximum Gasteiger partial charge on any atom is 0.246 e. The van der Waals surface area contributed by atoms with Gasteiger partial charge in [0.15, 0.2) is 0 Å². The van der Waals surface area contributed by atoms with Gasteiger partial charge in [-0.15, -0.1) is 11.8 Å². The van der Waals surface area contributed by atoms with Crippen LogP contribution in [-0.2, 0) is 19.2 Å². The van der Waals surface area contributed by atoms with Crippen LogP contribution < -0.4 is 21.3 Å². The van der Waals surface area contributed by atoms with E-state index in [1.165, 1.54) is 0 Å². The van der Waals surface area contributed by atoms with Crippen LogP contribution in [0, 0.1) is 17.8 Å². The SMILES string of the molecule is CN[C@@H](C)C(=O)N[C@@H](CC#CC[C@H](C)C(C)N1CCC[C@H]1C(=O)NC(c1ccccc1)c1ccccc1)C(=O)N1CCC[C@H]1C(=O)NC(c1ccccc1)c1ccccc1. The summed E-state index contributed by atoms with van der Waals surface area (Å²) in [5.74, 6) is 5.81. The highest BCUT2D eigenvalue weighted by Crippen LogP contribution is 2.29. The third-order valence-electron chi connectivity index (χ3n) is 12.2. The Bertz CT molecular complexity index is 1990. The van der Waals surface area contributed by atoms with Crippen LogP contribution >= 0.6 is 0 Å². The lowest BCUT2D eigenvalue weighted by Gasteiger charge is -2.34. The lowest BCUT2D eigenvalue weighted by Crippen LogP contribution is -2.55. The van der Waals surface area contributed by atoms with Crippen molar-refractivity contribution in [1.82, 2.24) is 31.1 Å². The molecule has 4 amide bonds. The van der Waals surface area contributed by atoms with Crippen molar-refractivity contribution in [2.45, 2.75) is 102 Å². The summed E-state index contributed by atoms with van der Waals surface area (Å²) in [5.41, 5.74) is 3.97. The molecule has 314 valence electrons. The molecule has 2 saturated heterocycles. The Morgan fingerprint density at radius 2 is 1.03 bits per heavy atom. The number of nitrogens with zero attached hydrogens (tertiary/aromatic N) is 2. The van der Waals surface area contributed by atoms with Gasteiger partial charge in [-0.05, 0) is 81.3 Å². The van der Waals surface area contributed by atoms with E-state index in [0.717, 1.165) is 41.6 Å². The minimum Gasteiger partial charge on any atom is -0.344 e. The molecular formula is C50H60N6O4. The first-order valence-electron chi connectivity index (χ1n) is 21.5. The molecule has 4 aromatic rings. The number of benzene rings is 4. The van der Waals surface area contributed by atoms with E-state index in [4.69, 9.17) is 0 Å². The van der Waals surface area contributed by atoms with Crippen LogP contribution in [0.15, 0.2) is 121 Å². The average molecular weight is 809 g/mol. The minimum absolute atomic E-state index is 0.0211. The van der Waals surface area contributed by atoms with Crippen LogP contribution in [-0.4, -0.2) is 83.8 Å². The van der Waals surface area contributed by atoms with Gasteiger partial charge < -0.3 is 26.2 Å². The van der Waals surface area contributed by atoms with Crippen molar-refractivity contribution in [3.63, 3.8) is 0 Å². The molecule has 2 fully saturated rings. The van der Waals surface area contributed by atoms with Gasteiger partial charge in [0.05, 0.1) is 24.2 Å². The number of hydrogen-bond donors (Lipinski definition) is 4. The van der Waals surface area contributed by atoms with Crippen molar-refractivity contribution in [2.75, 3.05) is 20.1 Å². The number of amides is 4. The highest BCUT2D eigenvalue weighted by molar-refractivity contribution is 5.94. The van der Waals surface area contributed by atoms with E-state index in [9.17, 15) is 19.2 Å². The fourth-order valence-electron chi connectivity index (χ4n) is 8.37. The molecule has 60 heavy (non-hydrogen) atoms. The summed E-state index contributed by atoms with van der Waals surface area (Å²) in [6.07, 6.45) is 3.59. The molecule has 2 aliphatic heterocycles. The molecule has 4 N–H and O–H groups in total. The van der Waals surface area contributed by atoms with Gasteiger partial charge in [-0.2, -0.15) is 0 Å². The number of carbonyl (C=O) groups is 4. The standard InChI is InChI=1S/C50H60N6O4/c1-35(37(3)55-33-19-31-43(55)48(58)53-45(38-22-9-5-10-23-38)39-24-11-6-12-25-39)21-17-18-30-42(52-47(57)36(2)51-4)50(60)56-34-20-32-44(56)49(59)54-46(40-26-13-7-14-27-40)41-28-15-8-16-29-41/h5-16,22-29,35-37,42-46,51H,19-21,30-34H2,1-4H3,(H,52,57)(H,53,58)(H,54,59)/t35-,36-,37?,42-,43-,44-/m0/s1. The zero-order chi connectivity index (χ0) is 42.4. The highest BCUT2D eigenvalue weighted by Gasteiger charge is 2.39. The third kappa shape index (κ3) is 11.1. The Morgan fingerprint density at radius 3 is 1.52 bits per heavy atom. The van der Waals surface area contributed by atoms with Gasteiger partial charge in [0, 0.05) is 25.4 Å². The summed E-state index contributed by atoms with van der Waals surface area (Å²) in [4.78, 5) is 59.4. The Kier molecular flexibility index (Phi) is 15.7. The molecule has 2 heterocycles. The molecule has 1 unspecified atom stereocenters. The largest absolute Gasteiger partial charge is 0.344 e. The number of likely N-dealkylation sites (N-methyl/N-ethyl adjacent to an activating group) is 1. The van der Waals surface area contributed by atoms with Gasteiger partial charge in [-0.3, -0.25) is 24.1 Å². The zero-order valence-corrected chi connectivity index (χ0v) is 35.4. The highest BCUT2D eigenvalue weighted by atomic mass is 16.2. The van der Waals surface area contributed by atoms with E-state index in [-0.39, 0.29) is 60.1 Å². The summed E-state index contributed by atoms with van der Waals surface area (Å²) >= 11 is 0. The zero-order valence-electron chi connectivity index (χ0n) is 35.4. The number of nitrogens with one attached hydrogen (secondary N) is 4. The molecule has 6 rings (SSSR count). The molecule has 4 aromatic carbocycles. The van der Waals surface area contributed by atoms with Crippen LogP contribution in [0.5, 0.6) is 0 Å². The molecule has 0 saturated carbocycles. The van der Waals surface area contributed by atoms with Crippen molar-refractivity contribution in [1.29, 1.82) is 0 Å². The molecule has 0 bridgehead atoms. The average Bonchev–Trinajstić information content (AvgIpc) is 4.00.